The van der Waals surface area contributed by atoms with Gasteiger partial charge in [-0.25, -0.2) is 0 Å². The van der Waals surface area contributed by atoms with Gasteiger partial charge in [-0.3, -0.25) is 4.79 Å². The van der Waals surface area contributed by atoms with Gasteiger partial charge >= 0.3 is 6.18 Å². The number of rotatable bonds is 3. The number of anilines is 1. The summed E-state index contributed by atoms with van der Waals surface area (Å²) in [5.74, 6) is -0.441. The Balaban J connectivity index is 1.82. The Morgan fingerprint density at radius 2 is 1.67 bits per heavy atom. The minimum Gasteiger partial charge on any atom is -0.451 e. The summed E-state index contributed by atoms with van der Waals surface area (Å²) in [6.07, 6.45) is -4.53. The Kier molecular flexibility index (Phi) is 5.42. The van der Waals surface area contributed by atoms with Gasteiger partial charge in [-0.15, -0.1) is 0 Å². The highest BCUT2D eigenvalue weighted by Gasteiger charge is 2.31. The molecule has 3 rings (SSSR count). The van der Waals surface area contributed by atoms with E-state index in [9.17, 15) is 18.0 Å². The largest absolute Gasteiger partial charge is 0.451 e. The fourth-order valence-electron chi connectivity index (χ4n) is 2.27. The monoisotopic (exact) mass is 433 g/mol. The van der Waals surface area contributed by atoms with Crippen molar-refractivity contribution in [3.63, 3.8) is 0 Å². The van der Waals surface area contributed by atoms with Crippen LogP contribution in [0, 0.1) is 0 Å². The van der Waals surface area contributed by atoms with Crippen molar-refractivity contribution in [2.45, 2.75) is 6.18 Å². The maximum Gasteiger partial charge on any atom is 0.416 e. The van der Waals surface area contributed by atoms with E-state index >= 15 is 0 Å². The smallest absolute Gasteiger partial charge is 0.416 e. The molecule has 0 aliphatic heterocycles. The number of furan rings is 1. The van der Waals surface area contributed by atoms with Gasteiger partial charge < -0.3 is 9.73 Å². The molecule has 0 atom stereocenters. The Morgan fingerprint density at radius 1 is 0.926 bits per heavy atom. The van der Waals surface area contributed by atoms with Crippen LogP contribution in [0.2, 0.25) is 15.1 Å². The van der Waals surface area contributed by atoms with Crippen LogP contribution in [0.4, 0.5) is 18.9 Å². The molecule has 0 saturated carbocycles. The number of amides is 1. The Hall–Kier alpha value is -2.15. The summed E-state index contributed by atoms with van der Waals surface area (Å²) in [5.41, 5.74) is -0.398. The van der Waals surface area contributed by atoms with Gasteiger partial charge in [0.15, 0.2) is 5.76 Å². The first-order valence-electron chi connectivity index (χ1n) is 7.38. The molecule has 1 heterocycles. The van der Waals surface area contributed by atoms with Crippen LogP contribution in [0.3, 0.4) is 0 Å². The Morgan fingerprint density at radius 3 is 2.33 bits per heavy atom. The molecule has 1 N–H and O–H groups in total. The van der Waals surface area contributed by atoms with Gasteiger partial charge in [0.05, 0.1) is 21.3 Å². The summed E-state index contributed by atoms with van der Waals surface area (Å²) >= 11 is 17.9. The summed E-state index contributed by atoms with van der Waals surface area (Å²) < 4.78 is 43.5. The molecular weight excluding hydrogens is 426 g/mol. The molecule has 0 bridgehead atoms. The zero-order valence-corrected chi connectivity index (χ0v) is 15.5. The van der Waals surface area contributed by atoms with E-state index in [2.05, 4.69) is 5.32 Å². The molecule has 2 aromatic carbocycles. The normalized spacial score (nSPS) is 11.5. The Labute approximate surface area is 166 Å². The van der Waals surface area contributed by atoms with E-state index in [-0.39, 0.29) is 16.5 Å². The van der Waals surface area contributed by atoms with Gasteiger partial charge in [-0.1, -0.05) is 34.8 Å². The molecule has 0 aliphatic rings. The summed E-state index contributed by atoms with van der Waals surface area (Å²) in [6.45, 7) is 0. The van der Waals surface area contributed by atoms with Crippen molar-refractivity contribution in [3.8, 4) is 11.3 Å². The summed E-state index contributed by atoms with van der Waals surface area (Å²) in [7, 11) is 0. The zero-order chi connectivity index (χ0) is 19.8. The summed E-state index contributed by atoms with van der Waals surface area (Å²) in [6, 6.07) is 10.3. The number of alkyl halides is 3. The van der Waals surface area contributed by atoms with Gasteiger partial charge in [0.2, 0.25) is 0 Å². The summed E-state index contributed by atoms with van der Waals surface area (Å²) in [5, 5.41) is 2.98. The molecule has 0 aliphatic carbocycles. The van der Waals surface area contributed by atoms with Crippen molar-refractivity contribution in [2.75, 3.05) is 5.32 Å². The third-order valence-corrected chi connectivity index (χ3v) is 4.45. The molecule has 0 spiro atoms. The highest BCUT2D eigenvalue weighted by molar-refractivity contribution is 6.35. The molecule has 0 unspecified atom stereocenters. The standard InChI is InChI=1S/C18H9Cl3F3NO2/c19-10-2-3-12(20)11(8-10)15-5-6-16(27-15)17(26)25-14-4-1-9(7-13(14)21)18(22,23)24/h1-8H,(H,25,26). The van der Waals surface area contributed by atoms with Crippen molar-refractivity contribution in [1.82, 2.24) is 0 Å². The van der Waals surface area contributed by atoms with Crippen LogP contribution in [-0.2, 0) is 6.18 Å². The van der Waals surface area contributed by atoms with E-state index in [1.165, 1.54) is 12.1 Å². The number of hydrogen-bond donors (Lipinski definition) is 1. The second-order valence-electron chi connectivity index (χ2n) is 5.43. The fourth-order valence-corrected chi connectivity index (χ4v) is 2.88. The predicted octanol–water partition coefficient (Wildman–Crippen LogP) is 7.18. The molecule has 9 heteroatoms. The number of carbonyl (C=O) groups is 1. The molecule has 27 heavy (non-hydrogen) atoms. The van der Waals surface area contributed by atoms with E-state index in [0.717, 1.165) is 18.2 Å². The van der Waals surface area contributed by atoms with E-state index in [1.807, 2.05) is 0 Å². The highest BCUT2D eigenvalue weighted by Crippen LogP contribution is 2.35. The van der Waals surface area contributed by atoms with Crippen LogP contribution >= 0.6 is 34.8 Å². The number of nitrogens with one attached hydrogen (secondary N) is 1. The van der Waals surface area contributed by atoms with Crippen LogP contribution < -0.4 is 5.32 Å². The van der Waals surface area contributed by atoms with Crippen molar-refractivity contribution in [2.24, 2.45) is 0 Å². The fraction of sp³-hybridized carbons (Fsp3) is 0.0556. The lowest BCUT2D eigenvalue weighted by atomic mass is 10.2. The van der Waals surface area contributed by atoms with E-state index < -0.39 is 17.6 Å². The molecule has 0 saturated heterocycles. The SMILES string of the molecule is O=C(Nc1ccc(C(F)(F)F)cc1Cl)c1ccc(-c2cc(Cl)ccc2Cl)o1. The molecule has 140 valence electrons. The second-order valence-corrected chi connectivity index (χ2v) is 6.69. The third-order valence-electron chi connectivity index (χ3n) is 3.57. The van der Waals surface area contributed by atoms with Crippen LogP contribution in [0.1, 0.15) is 16.1 Å². The first-order chi connectivity index (χ1) is 12.6. The van der Waals surface area contributed by atoms with Gasteiger partial charge in [-0.05, 0) is 48.5 Å². The molecule has 3 nitrogen and oxygen atoms in total. The zero-order valence-electron chi connectivity index (χ0n) is 13.2. The van der Waals surface area contributed by atoms with Crippen molar-refractivity contribution in [1.29, 1.82) is 0 Å². The van der Waals surface area contributed by atoms with Crippen LogP contribution in [-0.4, -0.2) is 5.91 Å². The van der Waals surface area contributed by atoms with Crippen molar-refractivity contribution in [3.05, 3.63) is 74.9 Å². The predicted molar refractivity (Wildman–Crippen MR) is 98.6 cm³/mol. The topological polar surface area (TPSA) is 42.2 Å². The molecule has 0 radical (unpaired) electrons. The Bertz CT molecular complexity index is 1020. The van der Waals surface area contributed by atoms with Crippen LogP contribution in [0.15, 0.2) is 52.9 Å². The summed E-state index contributed by atoms with van der Waals surface area (Å²) in [4.78, 5) is 12.3. The van der Waals surface area contributed by atoms with Crippen LogP contribution in [0.25, 0.3) is 11.3 Å². The van der Waals surface area contributed by atoms with Gasteiger partial charge in [0.1, 0.15) is 5.76 Å². The average Bonchev–Trinajstić information content (AvgIpc) is 3.08. The first kappa shape index (κ1) is 19.6. The van der Waals surface area contributed by atoms with Gasteiger partial charge in [-0.2, -0.15) is 13.2 Å². The third kappa shape index (κ3) is 4.40. The lowest BCUT2D eigenvalue weighted by Gasteiger charge is -2.10. The minimum atomic E-state index is -4.53. The second kappa shape index (κ2) is 7.46. The van der Waals surface area contributed by atoms with Gasteiger partial charge in [0.25, 0.3) is 5.91 Å². The average molecular weight is 435 g/mol. The van der Waals surface area contributed by atoms with E-state index in [1.54, 1.807) is 18.2 Å². The molecule has 1 amide bonds. The number of hydrogen-bond acceptors (Lipinski definition) is 2. The number of halogens is 6. The van der Waals surface area contributed by atoms with E-state index in [4.69, 9.17) is 39.2 Å². The molecule has 0 fully saturated rings. The maximum absolute atomic E-state index is 12.7. The van der Waals surface area contributed by atoms with Gasteiger partial charge in [0, 0.05) is 10.6 Å². The number of carbonyl (C=O) groups excluding carboxylic acids is 1. The first-order valence-corrected chi connectivity index (χ1v) is 8.52. The molecule has 3 aromatic rings. The molecule has 1 aromatic heterocycles. The minimum absolute atomic E-state index is 0.0217. The van der Waals surface area contributed by atoms with Crippen LogP contribution in [0.5, 0.6) is 0 Å². The molecular formula is C18H9Cl3F3NO2. The van der Waals surface area contributed by atoms with Crippen molar-refractivity contribution >= 4 is 46.4 Å². The van der Waals surface area contributed by atoms with Crippen molar-refractivity contribution < 1.29 is 22.4 Å². The lowest BCUT2D eigenvalue weighted by Crippen LogP contribution is -2.12. The van der Waals surface area contributed by atoms with E-state index in [0.29, 0.717) is 21.4 Å². The highest BCUT2D eigenvalue weighted by atomic mass is 35.5. The number of benzene rings is 2. The lowest BCUT2D eigenvalue weighted by molar-refractivity contribution is -0.137. The quantitative estimate of drug-likeness (QED) is 0.474. The maximum atomic E-state index is 12.7.